The van der Waals surface area contributed by atoms with E-state index < -0.39 is 15.4 Å². The Bertz CT molecular complexity index is 146. The minimum Gasteiger partial charge on any atom is -0.453 e. The van der Waals surface area contributed by atoms with Crippen molar-refractivity contribution < 1.29 is 9.53 Å². The van der Waals surface area contributed by atoms with E-state index in [9.17, 15) is 4.79 Å². The molecule has 1 atom stereocenters. The van der Waals surface area contributed by atoms with Gasteiger partial charge in [-0.1, -0.05) is 46.4 Å². The lowest BCUT2D eigenvalue weighted by Gasteiger charge is -2.17. The molecule has 0 aliphatic heterocycles. The van der Waals surface area contributed by atoms with Crippen LogP contribution in [0, 0.1) is 0 Å². The quantitative estimate of drug-likeness (QED) is 0.564. The Morgan fingerprint density at radius 1 is 1.55 bits per heavy atom. The molecule has 0 heterocycles. The predicted molar refractivity (Wildman–Crippen MR) is 45.5 cm³/mol. The van der Waals surface area contributed by atoms with Crippen LogP contribution >= 0.6 is 46.4 Å². The van der Waals surface area contributed by atoms with E-state index in [-0.39, 0.29) is 0 Å². The monoisotopic (exact) mass is 239 g/mol. The number of nitrogens with one attached hydrogen (secondary N) is 1. The number of rotatable bonds is 1. The third kappa shape index (κ3) is 4.80. The number of halogens is 4. The van der Waals surface area contributed by atoms with Gasteiger partial charge in [0.25, 0.3) is 0 Å². The Hall–Kier alpha value is 0.430. The number of carbonyl (C=O) groups is 1. The molecule has 66 valence electrons. The Kier molecular flexibility index (Phi) is 4.63. The first kappa shape index (κ1) is 11.4. The first-order valence-electron chi connectivity index (χ1n) is 2.43. The second-order valence-electron chi connectivity index (χ2n) is 1.54. The van der Waals surface area contributed by atoms with Crippen LogP contribution in [0.5, 0.6) is 0 Å². The molecular formula is C4H5Cl4NO2. The highest BCUT2D eigenvalue weighted by atomic mass is 35.6. The molecule has 0 saturated carbocycles. The molecule has 3 nitrogen and oxygen atoms in total. The van der Waals surface area contributed by atoms with Gasteiger partial charge in [0.05, 0.1) is 7.11 Å². The first-order valence-corrected chi connectivity index (χ1v) is 4.00. The number of ether oxygens (including phenoxy) is 1. The van der Waals surface area contributed by atoms with Gasteiger partial charge in [-0.15, -0.1) is 0 Å². The lowest BCUT2D eigenvalue weighted by molar-refractivity contribution is 0.170. The molecule has 7 heteroatoms. The van der Waals surface area contributed by atoms with Crippen molar-refractivity contribution in [3.63, 3.8) is 0 Å². The van der Waals surface area contributed by atoms with Crippen LogP contribution in [0.15, 0.2) is 0 Å². The van der Waals surface area contributed by atoms with Gasteiger partial charge in [-0.2, -0.15) is 0 Å². The van der Waals surface area contributed by atoms with Gasteiger partial charge in [0.2, 0.25) is 3.79 Å². The van der Waals surface area contributed by atoms with Crippen LogP contribution in [-0.2, 0) is 4.74 Å². The van der Waals surface area contributed by atoms with Crippen LogP contribution < -0.4 is 5.32 Å². The number of alkyl carbamates (subject to hydrolysis) is 1. The summed E-state index contributed by atoms with van der Waals surface area (Å²) in [4.78, 5) is 10.5. The number of carbonyl (C=O) groups excluding carboxylic acids is 1. The zero-order chi connectivity index (χ0) is 9.07. The van der Waals surface area contributed by atoms with Crippen molar-refractivity contribution in [1.82, 2.24) is 5.32 Å². The molecule has 0 aromatic rings. The first-order chi connectivity index (χ1) is 4.88. The molecule has 0 rings (SSSR count). The maximum absolute atomic E-state index is 10.5. The van der Waals surface area contributed by atoms with E-state index in [1.165, 1.54) is 7.11 Å². The van der Waals surface area contributed by atoms with Crippen molar-refractivity contribution in [3.05, 3.63) is 0 Å². The van der Waals surface area contributed by atoms with Crippen molar-refractivity contribution in [2.24, 2.45) is 0 Å². The van der Waals surface area contributed by atoms with Crippen molar-refractivity contribution in [2.75, 3.05) is 7.11 Å². The Balaban J connectivity index is 3.87. The largest absolute Gasteiger partial charge is 0.453 e. The van der Waals surface area contributed by atoms with E-state index in [1.807, 2.05) is 0 Å². The van der Waals surface area contributed by atoms with Gasteiger partial charge < -0.3 is 10.1 Å². The molecular weight excluding hydrogens is 236 g/mol. The van der Waals surface area contributed by atoms with E-state index in [0.29, 0.717) is 0 Å². The Morgan fingerprint density at radius 2 is 2.00 bits per heavy atom. The summed E-state index contributed by atoms with van der Waals surface area (Å²) in [5.74, 6) is 0. The molecule has 0 aliphatic carbocycles. The summed E-state index contributed by atoms with van der Waals surface area (Å²) >= 11 is 21.4. The third-order valence-corrected chi connectivity index (χ3v) is 2.14. The third-order valence-electron chi connectivity index (χ3n) is 0.717. The van der Waals surface area contributed by atoms with Gasteiger partial charge in [0.15, 0.2) is 5.50 Å². The molecule has 1 N–H and O–H groups in total. The van der Waals surface area contributed by atoms with Crippen LogP contribution in [-0.4, -0.2) is 22.5 Å². The Morgan fingerprint density at radius 3 is 2.27 bits per heavy atom. The van der Waals surface area contributed by atoms with Crippen LogP contribution in [0.1, 0.15) is 0 Å². The predicted octanol–water partition coefficient (Wildman–Crippen LogP) is 2.28. The number of hydrogen-bond acceptors (Lipinski definition) is 2. The second kappa shape index (κ2) is 4.45. The average Bonchev–Trinajstić information content (AvgIpc) is 1.85. The van der Waals surface area contributed by atoms with E-state index in [0.717, 1.165) is 0 Å². The highest BCUT2D eigenvalue weighted by Gasteiger charge is 2.32. The molecule has 11 heavy (non-hydrogen) atoms. The average molecular weight is 241 g/mol. The van der Waals surface area contributed by atoms with Gasteiger partial charge in [0, 0.05) is 0 Å². The lowest BCUT2D eigenvalue weighted by atomic mass is 10.7. The van der Waals surface area contributed by atoms with Gasteiger partial charge in [-0.05, 0) is 0 Å². The molecule has 0 saturated heterocycles. The van der Waals surface area contributed by atoms with E-state index >= 15 is 0 Å². The van der Waals surface area contributed by atoms with Crippen molar-refractivity contribution >= 4 is 52.5 Å². The molecule has 1 unspecified atom stereocenters. The van der Waals surface area contributed by atoms with E-state index in [1.54, 1.807) is 0 Å². The number of hydrogen-bond donors (Lipinski definition) is 1. The normalized spacial score (nSPS) is 13.9. The van der Waals surface area contributed by atoms with Crippen LogP contribution in [0.4, 0.5) is 4.79 Å². The smallest absolute Gasteiger partial charge is 0.408 e. The molecule has 0 aromatic carbocycles. The SMILES string of the molecule is COC(=O)NC(Cl)C(Cl)(Cl)Cl. The fourth-order valence-electron chi connectivity index (χ4n) is 0.244. The number of methoxy groups -OCH3 is 1. The fraction of sp³-hybridized carbons (Fsp3) is 0.750. The zero-order valence-corrected chi connectivity index (χ0v) is 8.43. The van der Waals surface area contributed by atoms with Crippen LogP contribution in [0.25, 0.3) is 0 Å². The summed E-state index contributed by atoms with van der Waals surface area (Å²) in [7, 11) is 1.18. The molecule has 0 aliphatic rings. The maximum Gasteiger partial charge on any atom is 0.408 e. The minimum absolute atomic E-state index is 0.753. The summed E-state index contributed by atoms with van der Waals surface area (Å²) in [6.45, 7) is 0. The molecule has 0 aromatic heterocycles. The Labute approximate surface area is 83.9 Å². The summed E-state index contributed by atoms with van der Waals surface area (Å²) in [5.41, 5.74) is -1.11. The van der Waals surface area contributed by atoms with Gasteiger partial charge in [0.1, 0.15) is 0 Å². The minimum atomic E-state index is -1.74. The molecule has 0 fully saturated rings. The van der Waals surface area contributed by atoms with E-state index in [4.69, 9.17) is 46.4 Å². The highest BCUT2D eigenvalue weighted by molar-refractivity contribution is 6.70. The maximum atomic E-state index is 10.5. The molecule has 1 amide bonds. The topological polar surface area (TPSA) is 38.3 Å². The van der Waals surface area contributed by atoms with Crippen LogP contribution in [0.3, 0.4) is 0 Å². The molecule has 0 radical (unpaired) electrons. The lowest BCUT2D eigenvalue weighted by Crippen LogP contribution is -2.39. The number of amides is 1. The summed E-state index contributed by atoms with van der Waals surface area (Å²) in [5, 5.41) is 2.08. The van der Waals surface area contributed by atoms with Crippen molar-refractivity contribution in [3.8, 4) is 0 Å². The molecule has 0 bridgehead atoms. The summed E-state index contributed by atoms with van der Waals surface area (Å²) < 4.78 is 2.47. The summed E-state index contributed by atoms with van der Waals surface area (Å²) in [6, 6.07) is 0. The van der Waals surface area contributed by atoms with Gasteiger partial charge in [-0.25, -0.2) is 4.79 Å². The molecule has 0 spiro atoms. The van der Waals surface area contributed by atoms with Gasteiger partial charge in [-0.3, -0.25) is 0 Å². The number of alkyl halides is 4. The van der Waals surface area contributed by atoms with Crippen molar-refractivity contribution in [1.29, 1.82) is 0 Å². The summed E-state index contributed by atoms with van der Waals surface area (Å²) in [6.07, 6.45) is -0.753. The van der Waals surface area contributed by atoms with Gasteiger partial charge >= 0.3 is 6.09 Å². The highest BCUT2D eigenvalue weighted by Crippen LogP contribution is 2.32. The van der Waals surface area contributed by atoms with E-state index in [2.05, 4.69) is 10.1 Å². The standard InChI is InChI=1S/C4H5Cl4NO2/c1-11-3(10)9-2(5)4(6,7)8/h2H,1H3,(H,9,10). The second-order valence-corrected chi connectivity index (χ2v) is 4.35. The zero-order valence-electron chi connectivity index (χ0n) is 5.41. The van der Waals surface area contributed by atoms with Crippen molar-refractivity contribution in [2.45, 2.75) is 9.29 Å². The van der Waals surface area contributed by atoms with Crippen LogP contribution in [0.2, 0.25) is 0 Å². The fourth-order valence-corrected chi connectivity index (χ4v) is 0.497.